The smallest absolute Gasteiger partial charge is 0.295 e. The molecular formula is C31H38N2O6. The number of morpholine rings is 1. The quantitative estimate of drug-likeness (QED) is 0.293. The molecule has 3 heterocycles. The van der Waals surface area contributed by atoms with Gasteiger partial charge < -0.3 is 24.2 Å². The summed E-state index contributed by atoms with van der Waals surface area (Å²) in [4.78, 5) is 30.7. The molecule has 0 bridgehead atoms. The van der Waals surface area contributed by atoms with Crippen LogP contribution in [0.1, 0.15) is 49.9 Å². The molecule has 2 aromatic rings. The molecule has 3 aliphatic rings. The van der Waals surface area contributed by atoms with Gasteiger partial charge in [-0.25, -0.2) is 0 Å². The third-order valence-electron chi connectivity index (χ3n) is 7.61. The van der Waals surface area contributed by atoms with Crippen LogP contribution < -0.4 is 9.47 Å². The van der Waals surface area contributed by atoms with E-state index in [2.05, 4.69) is 18.7 Å². The van der Waals surface area contributed by atoms with Gasteiger partial charge in [-0.15, -0.1) is 0 Å². The number of carbonyl (C=O) groups is 2. The molecule has 8 nitrogen and oxygen atoms in total. The van der Waals surface area contributed by atoms with Crippen molar-refractivity contribution in [3.05, 3.63) is 64.7 Å². The van der Waals surface area contributed by atoms with Gasteiger partial charge >= 0.3 is 0 Å². The highest BCUT2D eigenvalue weighted by Crippen LogP contribution is 2.41. The van der Waals surface area contributed by atoms with E-state index in [0.29, 0.717) is 50.1 Å². The van der Waals surface area contributed by atoms with E-state index in [-0.39, 0.29) is 17.4 Å². The van der Waals surface area contributed by atoms with Crippen LogP contribution in [0.5, 0.6) is 11.5 Å². The molecule has 2 fully saturated rings. The SMILES string of the molecule is CC(C)CCOc1cccc([C@H]2C(=C(O)c3ccc4c(c3)C[C@H](C)O4)C(=O)C(=O)N2CCN2CCOCC2)c1. The van der Waals surface area contributed by atoms with Gasteiger partial charge in [-0.3, -0.25) is 14.5 Å². The highest BCUT2D eigenvalue weighted by Gasteiger charge is 2.46. The molecule has 2 atom stereocenters. The number of nitrogens with zero attached hydrogens (tertiary/aromatic N) is 2. The number of hydrogen-bond donors (Lipinski definition) is 1. The van der Waals surface area contributed by atoms with Crippen molar-refractivity contribution in [2.45, 2.75) is 45.8 Å². The van der Waals surface area contributed by atoms with E-state index >= 15 is 0 Å². The Morgan fingerprint density at radius 3 is 2.67 bits per heavy atom. The van der Waals surface area contributed by atoms with Crippen LogP contribution in [0.25, 0.3) is 5.76 Å². The lowest BCUT2D eigenvalue weighted by atomic mass is 9.94. The van der Waals surface area contributed by atoms with Gasteiger partial charge in [-0.1, -0.05) is 26.0 Å². The maximum atomic E-state index is 13.5. The first kappa shape index (κ1) is 27.2. The van der Waals surface area contributed by atoms with Crippen molar-refractivity contribution in [1.82, 2.24) is 9.80 Å². The standard InChI is InChI=1S/C31H38N2O6/c1-20(2)9-14-38-25-6-4-5-22(19-25)28-27(29(34)23-7-8-26-24(18-23)17-21(3)39-26)30(35)31(36)33(28)11-10-32-12-15-37-16-13-32/h4-8,18-21,28,34H,9-17H2,1-3H3/t21-,28-/m0/s1. The Labute approximate surface area is 230 Å². The summed E-state index contributed by atoms with van der Waals surface area (Å²) >= 11 is 0. The number of benzene rings is 2. The van der Waals surface area contributed by atoms with E-state index in [1.165, 1.54) is 0 Å². The normalized spacial score (nSPS) is 22.8. The number of Topliss-reactive ketones (excluding diaryl/α,β-unsaturated/α-hetero) is 1. The zero-order valence-electron chi connectivity index (χ0n) is 23.0. The van der Waals surface area contributed by atoms with Crippen LogP contribution >= 0.6 is 0 Å². The summed E-state index contributed by atoms with van der Waals surface area (Å²) in [6.07, 6.45) is 1.70. The van der Waals surface area contributed by atoms with Crippen molar-refractivity contribution in [3.8, 4) is 11.5 Å². The number of fused-ring (bicyclic) bond motifs is 1. The van der Waals surface area contributed by atoms with Gasteiger partial charge in [0.15, 0.2) is 0 Å². The van der Waals surface area contributed by atoms with Crippen LogP contribution in [-0.2, 0) is 20.7 Å². The number of ether oxygens (including phenoxy) is 3. The van der Waals surface area contributed by atoms with Crippen LogP contribution in [0.3, 0.4) is 0 Å². The Bertz CT molecular complexity index is 1250. The number of carbonyl (C=O) groups excluding carboxylic acids is 2. The predicted octanol–water partition coefficient (Wildman–Crippen LogP) is 4.19. The molecule has 0 spiro atoms. The summed E-state index contributed by atoms with van der Waals surface area (Å²) in [5, 5.41) is 11.5. The lowest BCUT2D eigenvalue weighted by molar-refractivity contribution is -0.140. The second-order valence-corrected chi connectivity index (χ2v) is 11.0. The van der Waals surface area contributed by atoms with Crippen LogP contribution in [0.4, 0.5) is 0 Å². The zero-order chi connectivity index (χ0) is 27.5. The Morgan fingerprint density at radius 1 is 1.10 bits per heavy atom. The van der Waals surface area contributed by atoms with Crippen LogP contribution in [-0.4, -0.2) is 78.7 Å². The van der Waals surface area contributed by atoms with Crippen molar-refractivity contribution in [2.24, 2.45) is 5.92 Å². The fourth-order valence-electron chi connectivity index (χ4n) is 5.44. The van der Waals surface area contributed by atoms with E-state index in [4.69, 9.17) is 14.2 Å². The number of rotatable bonds is 9. The molecular weight excluding hydrogens is 496 g/mol. The minimum Gasteiger partial charge on any atom is -0.507 e. The lowest BCUT2D eigenvalue weighted by Crippen LogP contribution is -2.42. The van der Waals surface area contributed by atoms with Gasteiger partial charge in [-0.05, 0) is 60.7 Å². The minimum absolute atomic E-state index is 0.0570. The lowest BCUT2D eigenvalue weighted by Gasteiger charge is -2.31. The number of aliphatic hydroxyl groups is 1. The Balaban J connectivity index is 1.50. The molecule has 3 aliphatic heterocycles. The third-order valence-corrected chi connectivity index (χ3v) is 7.61. The van der Waals surface area contributed by atoms with Crippen LogP contribution in [0.2, 0.25) is 0 Å². The van der Waals surface area contributed by atoms with E-state index in [1.807, 2.05) is 43.3 Å². The number of ketones is 1. The summed E-state index contributed by atoms with van der Waals surface area (Å²) < 4.78 is 17.3. The molecule has 208 valence electrons. The average Bonchev–Trinajstić information content (AvgIpc) is 3.42. The third kappa shape index (κ3) is 5.97. The highest BCUT2D eigenvalue weighted by atomic mass is 16.5. The summed E-state index contributed by atoms with van der Waals surface area (Å²) in [6.45, 7) is 10.7. The second-order valence-electron chi connectivity index (χ2n) is 11.0. The molecule has 2 aromatic carbocycles. The van der Waals surface area contributed by atoms with E-state index in [1.54, 1.807) is 11.0 Å². The zero-order valence-corrected chi connectivity index (χ0v) is 23.0. The molecule has 39 heavy (non-hydrogen) atoms. The highest BCUT2D eigenvalue weighted by molar-refractivity contribution is 6.46. The Kier molecular flexibility index (Phi) is 8.23. The van der Waals surface area contributed by atoms with Crippen LogP contribution in [0, 0.1) is 5.92 Å². The van der Waals surface area contributed by atoms with E-state index in [9.17, 15) is 14.7 Å². The first-order chi connectivity index (χ1) is 18.8. The first-order valence-corrected chi connectivity index (χ1v) is 13.9. The molecule has 0 aliphatic carbocycles. The summed E-state index contributed by atoms with van der Waals surface area (Å²) in [5.74, 6) is 0.542. The van der Waals surface area contributed by atoms with E-state index < -0.39 is 17.7 Å². The molecule has 1 N–H and O–H groups in total. The predicted molar refractivity (Wildman–Crippen MR) is 148 cm³/mol. The fraction of sp³-hybridized carbons (Fsp3) is 0.484. The van der Waals surface area contributed by atoms with Crippen molar-refractivity contribution in [1.29, 1.82) is 0 Å². The monoisotopic (exact) mass is 534 g/mol. The largest absolute Gasteiger partial charge is 0.507 e. The molecule has 2 saturated heterocycles. The minimum atomic E-state index is -0.719. The van der Waals surface area contributed by atoms with Crippen molar-refractivity contribution >= 4 is 17.4 Å². The maximum absolute atomic E-state index is 13.5. The topological polar surface area (TPSA) is 88.5 Å². The summed E-state index contributed by atoms with van der Waals surface area (Å²) in [5.41, 5.74) is 2.32. The van der Waals surface area contributed by atoms with Gasteiger partial charge in [0, 0.05) is 38.2 Å². The van der Waals surface area contributed by atoms with Gasteiger partial charge in [0.05, 0.1) is 31.4 Å². The summed E-state index contributed by atoms with van der Waals surface area (Å²) in [7, 11) is 0. The number of amides is 1. The molecule has 0 saturated carbocycles. The first-order valence-electron chi connectivity index (χ1n) is 13.9. The molecule has 0 unspecified atom stereocenters. The molecule has 8 heteroatoms. The average molecular weight is 535 g/mol. The molecule has 0 radical (unpaired) electrons. The Morgan fingerprint density at radius 2 is 1.90 bits per heavy atom. The fourth-order valence-corrected chi connectivity index (χ4v) is 5.44. The molecule has 0 aromatic heterocycles. The van der Waals surface area contributed by atoms with E-state index in [0.717, 1.165) is 42.8 Å². The number of aliphatic hydroxyl groups excluding tert-OH is 1. The number of hydrogen-bond acceptors (Lipinski definition) is 7. The molecule has 1 amide bonds. The van der Waals surface area contributed by atoms with Crippen molar-refractivity contribution in [2.75, 3.05) is 46.0 Å². The maximum Gasteiger partial charge on any atom is 0.295 e. The number of likely N-dealkylation sites (tertiary alicyclic amines) is 1. The van der Waals surface area contributed by atoms with Gasteiger partial charge in [0.2, 0.25) is 0 Å². The second kappa shape index (κ2) is 11.8. The van der Waals surface area contributed by atoms with Gasteiger partial charge in [0.1, 0.15) is 23.4 Å². The van der Waals surface area contributed by atoms with Crippen molar-refractivity contribution in [3.63, 3.8) is 0 Å². The summed E-state index contributed by atoms with van der Waals surface area (Å²) in [6, 6.07) is 12.2. The van der Waals surface area contributed by atoms with Crippen molar-refractivity contribution < 1.29 is 28.9 Å². The molecule has 5 rings (SSSR count). The van der Waals surface area contributed by atoms with Gasteiger partial charge in [0.25, 0.3) is 11.7 Å². The van der Waals surface area contributed by atoms with Crippen LogP contribution in [0.15, 0.2) is 48.0 Å². The Hall–Kier alpha value is -3.36. The van der Waals surface area contributed by atoms with Gasteiger partial charge in [-0.2, -0.15) is 0 Å².